The Morgan fingerprint density at radius 1 is 1.04 bits per heavy atom. The topological polar surface area (TPSA) is 75.6 Å². The Labute approximate surface area is 146 Å². The van der Waals surface area contributed by atoms with Crippen molar-refractivity contribution in [1.82, 2.24) is 5.32 Å². The molecule has 0 aromatic rings. The lowest BCUT2D eigenvalue weighted by atomic mass is 10.1. The summed E-state index contributed by atoms with van der Waals surface area (Å²) in [5, 5.41) is 2.59. The minimum absolute atomic E-state index is 0.359. The van der Waals surface area contributed by atoms with Gasteiger partial charge in [-0.2, -0.15) is 0 Å². The second kappa shape index (κ2) is 12.2. The zero-order valence-electron chi connectivity index (χ0n) is 15.6. The Bertz CT molecular complexity index is 531. The molecular weight excluding hydrogens is 325 g/mol. The predicted molar refractivity (Wildman–Crippen MR) is 100 cm³/mol. The summed E-state index contributed by atoms with van der Waals surface area (Å²) in [7, 11) is -2.66. The molecule has 0 heterocycles. The lowest BCUT2D eigenvalue weighted by molar-refractivity contribution is -0.118. The fourth-order valence-electron chi connectivity index (χ4n) is 1.98. The summed E-state index contributed by atoms with van der Waals surface area (Å²) in [4.78, 5) is 20.7. The van der Waals surface area contributed by atoms with Gasteiger partial charge < -0.3 is 14.7 Å². The summed E-state index contributed by atoms with van der Waals surface area (Å²) >= 11 is 0. The number of hydrogen-bond donors (Lipinski definition) is 2. The second-order valence-corrected chi connectivity index (χ2v) is 8.20. The van der Waals surface area contributed by atoms with Crippen LogP contribution in [0.25, 0.3) is 0 Å². The summed E-state index contributed by atoms with van der Waals surface area (Å²) in [5.74, 6) is -0.484. The number of nitrogens with one attached hydrogen (secondary N) is 1. The van der Waals surface area contributed by atoms with E-state index in [-0.39, 0.29) is 0 Å². The third kappa shape index (κ3) is 13.3. The van der Waals surface area contributed by atoms with Gasteiger partial charge in [0.2, 0.25) is 5.91 Å². The molecule has 5 nitrogen and oxygen atoms in total. The van der Waals surface area contributed by atoms with Gasteiger partial charge in [-0.1, -0.05) is 34.9 Å². The van der Waals surface area contributed by atoms with Crippen LogP contribution in [0.4, 0.5) is 0 Å². The number of rotatable bonds is 11. The number of allylic oxidation sites excluding steroid dienone is 5. The van der Waals surface area contributed by atoms with Crippen LogP contribution < -0.4 is 5.32 Å². The quantitative estimate of drug-likeness (QED) is 0.426. The summed E-state index contributed by atoms with van der Waals surface area (Å²) in [6, 6.07) is 0. The van der Waals surface area contributed by atoms with Crippen molar-refractivity contribution in [2.75, 3.05) is 19.8 Å². The van der Waals surface area contributed by atoms with Crippen molar-refractivity contribution in [3.63, 3.8) is 0 Å². The summed E-state index contributed by atoms with van der Waals surface area (Å²) in [6.07, 6.45) is 10.0. The molecule has 0 bridgehead atoms. The zero-order chi connectivity index (χ0) is 18.6. The molecule has 0 aromatic carbocycles. The van der Waals surface area contributed by atoms with Crippen molar-refractivity contribution < 1.29 is 18.8 Å². The van der Waals surface area contributed by atoms with Crippen LogP contribution in [-0.2, 0) is 13.9 Å². The lowest BCUT2D eigenvalue weighted by Crippen LogP contribution is -2.26. The second-order valence-electron chi connectivity index (χ2n) is 6.24. The molecule has 2 N–H and O–H groups in total. The minimum atomic E-state index is -3.78. The molecule has 24 heavy (non-hydrogen) atoms. The van der Waals surface area contributed by atoms with E-state index in [0.717, 1.165) is 32.8 Å². The normalized spacial score (nSPS) is 14.9. The van der Waals surface area contributed by atoms with Gasteiger partial charge in [-0.05, 0) is 53.4 Å². The molecule has 0 saturated carbocycles. The molecule has 0 aliphatic carbocycles. The standard InChI is InChI=1S/C18H32NO4P/c1-15(2)8-6-9-16(3)10-7-11-17(4)12-13-19-18(20)14-24(21,22)23-5/h8,10,12H,6-7,9,11,13-14H2,1-5H3,(H,19,20)(H,21,22)/b16-10+,17-12+. The van der Waals surface area contributed by atoms with Crippen molar-refractivity contribution in [3.05, 3.63) is 34.9 Å². The van der Waals surface area contributed by atoms with E-state index < -0.39 is 19.7 Å². The SMILES string of the molecule is COP(=O)(O)CC(=O)NC/C=C(\C)CC/C=C(\C)CCC=C(C)C. The van der Waals surface area contributed by atoms with Gasteiger partial charge in [-0.3, -0.25) is 9.36 Å². The van der Waals surface area contributed by atoms with E-state index in [1.165, 1.54) is 16.7 Å². The van der Waals surface area contributed by atoms with Crippen LogP contribution in [0.3, 0.4) is 0 Å². The Morgan fingerprint density at radius 3 is 2.12 bits per heavy atom. The lowest BCUT2D eigenvalue weighted by Gasteiger charge is -2.08. The first kappa shape index (κ1) is 22.8. The van der Waals surface area contributed by atoms with Gasteiger partial charge in [0.05, 0.1) is 0 Å². The fraction of sp³-hybridized carbons (Fsp3) is 0.611. The zero-order valence-corrected chi connectivity index (χ0v) is 16.5. The number of carbonyl (C=O) groups excluding carboxylic acids is 1. The molecule has 138 valence electrons. The first-order chi connectivity index (χ1) is 11.2. The third-order valence-corrected chi connectivity index (χ3v) is 4.76. The van der Waals surface area contributed by atoms with Crippen LogP contribution in [-0.4, -0.2) is 30.6 Å². The number of amides is 1. The summed E-state index contributed by atoms with van der Waals surface area (Å²) in [5.41, 5.74) is 3.93. The van der Waals surface area contributed by atoms with E-state index in [1.54, 1.807) is 0 Å². The first-order valence-corrected chi connectivity index (χ1v) is 10.0. The summed E-state index contributed by atoms with van der Waals surface area (Å²) < 4.78 is 15.6. The molecule has 1 atom stereocenters. The van der Waals surface area contributed by atoms with Gasteiger partial charge in [0.25, 0.3) is 0 Å². The molecule has 1 amide bonds. The maximum absolute atomic E-state index is 11.5. The van der Waals surface area contributed by atoms with Gasteiger partial charge in [-0.15, -0.1) is 0 Å². The molecule has 0 fully saturated rings. The highest BCUT2D eigenvalue weighted by atomic mass is 31.2. The molecule has 0 saturated heterocycles. The Balaban J connectivity index is 4.05. The van der Waals surface area contributed by atoms with Crippen LogP contribution in [0.2, 0.25) is 0 Å². The van der Waals surface area contributed by atoms with Crippen molar-refractivity contribution in [1.29, 1.82) is 0 Å². The molecule has 0 spiro atoms. The highest BCUT2D eigenvalue weighted by Crippen LogP contribution is 2.39. The molecule has 0 rings (SSSR count). The van der Waals surface area contributed by atoms with E-state index in [9.17, 15) is 14.3 Å². The minimum Gasteiger partial charge on any atom is -0.352 e. The fourth-order valence-corrected chi connectivity index (χ4v) is 2.58. The predicted octanol–water partition coefficient (Wildman–Crippen LogP) is 4.35. The smallest absolute Gasteiger partial charge is 0.337 e. The van der Waals surface area contributed by atoms with E-state index in [4.69, 9.17) is 0 Å². The Kier molecular flexibility index (Phi) is 11.6. The monoisotopic (exact) mass is 357 g/mol. The van der Waals surface area contributed by atoms with Crippen molar-refractivity contribution in [3.8, 4) is 0 Å². The van der Waals surface area contributed by atoms with Gasteiger partial charge in [-0.25, -0.2) is 0 Å². The maximum Gasteiger partial charge on any atom is 0.337 e. The van der Waals surface area contributed by atoms with E-state index in [0.29, 0.717) is 6.54 Å². The van der Waals surface area contributed by atoms with Crippen LogP contribution in [0.1, 0.15) is 53.4 Å². The van der Waals surface area contributed by atoms with Crippen LogP contribution >= 0.6 is 7.60 Å². The largest absolute Gasteiger partial charge is 0.352 e. The third-order valence-electron chi connectivity index (χ3n) is 3.50. The first-order valence-electron chi connectivity index (χ1n) is 8.25. The van der Waals surface area contributed by atoms with Gasteiger partial charge in [0.1, 0.15) is 6.16 Å². The molecule has 0 radical (unpaired) electrons. The molecular formula is C18H32NO4P. The van der Waals surface area contributed by atoms with Crippen LogP contribution in [0.15, 0.2) is 34.9 Å². The number of hydrogen-bond acceptors (Lipinski definition) is 3. The van der Waals surface area contributed by atoms with Gasteiger partial charge in [0, 0.05) is 13.7 Å². The van der Waals surface area contributed by atoms with Crippen molar-refractivity contribution in [2.24, 2.45) is 0 Å². The van der Waals surface area contributed by atoms with Crippen LogP contribution in [0.5, 0.6) is 0 Å². The van der Waals surface area contributed by atoms with Crippen molar-refractivity contribution in [2.45, 2.75) is 53.4 Å². The average molecular weight is 357 g/mol. The highest BCUT2D eigenvalue weighted by molar-refractivity contribution is 7.53. The highest BCUT2D eigenvalue weighted by Gasteiger charge is 2.21. The van der Waals surface area contributed by atoms with Gasteiger partial charge >= 0.3 is 7.60 Å². The molecule has 1 unspecified atom stereocenters. The Hall–Kier alpha value is -1.16. The molecule has 6 heteroatoms. The summed E-state index contributed by atoms with van der Waals surface area (Å²) in [6.45, 7) is 8.75. The maximum atomic E-state index is 11.5. The van der Waals surface area contributed by atoms with E-state index >= 15 is 0 Å². The molecule has 0 aliphatic heterocycles. The number of carbonyl (C=O) groups is 1. The molecule has 0 aliphatic rings. The van der Waals surface area contributed by atoms with Crippen molar-refractivity contribution >= 4 is 13.5 Å². The van der Waals surface area contributed by atoms with E-state index in [2.05, 4.69) is 42.8 Å². The van der Waals surface area contributed by atoms with Gasteiger partial charge in [0.15, 0.2) is 0 Å². The van der Waals surface area contributed by atoms with E-state index in [1.807, 2.05) is 13.0 Å². The Morgan fingerprint density at radius 2 is 1.58 bits per heavy atom. The average Bonchev–Trinajstić information content (AvgIpc) is 2.46. The molecule has 0 aromatic heterocycles. The van der Waals surface area contributed by atoms with Crippen LogP contribution in [0, 0.1) is 0 Å².